The summed E-state index contributed by atoms with van der Waals surface area (Å²) in [4.78, 5) is 18.2. The molecule has 0 unspecified atom stereocenters. The number of halogens is 1. The minimum Gasteiger partial charge on any atom is -0.338 e. The molecule has 3 aromatic rings. The highest BCUT2D eigenvalue weighted by atomic mass is 35.5. The number of rotatable bonds is 6. The maximum Gasteiger partial charge on any atom is 0.233 e. The Kier molecular flexibility index (Phi) is 9.02. The van der Waals surface area contributed by atoms with Crippen molar-refractivity contribution in [3.05, 3.63) is 54.6 Å². The van der Waals surface area contributed by atoms with Crippen LogP contribution in [0.15, 0.2) is 64.8 Å². The monoisotopic (exact) mass is 538 g/mol. The molecule has 3 heterocycles. The van der Waals surface area contributed by atoms with E-state index < -0.39 is 0 Å². The quantitative estimate of drug-likeness (QED) is 0.291. The van der Waals surface area contributed by atoms with Gasteiger partial charge in [0, 0.05) is 56.0 Å². The molecule has 2 saturated heterocycles. The molecule has 2 fully saturated rings. The van der Waals surface area contributed by atoms with Crippen molar-refractivity contribution in [2.24, 2.45) is 33.2 Å². The lowest BCUT2D eigenvalue weighted by Gasteiger charge is -2.37. The van der Waals surface area contributed by atoms with Crippen LogP contribution in [0, 0.1) is 0 Å². The van der Waals surface area contributed by atoms with Crippen molar-refractivity contribution in [1.29, 1.82) is 0 Å². The molecule has 2 aromatic carbocycles. The predicted octanol–water partition coefficient (Wildman–Crippen LogP) is 2.18. The Morgan fingerprint density at radius 1 is 0.632 bits per heavy atom. The third-order valence-corrected chi connectivity index (χ3v) is 6.37. The molecule has 12 nitrogen and oxygen atoms in total. The topological polar surface area (TPSA) is 186 Å². The molecule has 0 amide bonds. The van der Waals surface area contributed by atoms with Gasteiger partial charge in [-0.1, -0.05) is 18.2 Å². The first-order chi connectivity index (χ1) is 17.9. The van der Waals surface area contributed by atoms with Gasteiger partial charge >= 0.3 is 0 Å². The number of nitrogens with zero attached hydrogens (tertiary/aromatic N) is 7. The molecule has 202 valence electrons. The van der Waals surface area contributed by atoms with Crippen LogP contribution in [0.4, 0.5) is 34.9 Å². The van der Waals surface area contributed by atoms with E-state index in [0.717, 1.165) is 29.9 Å². The maximum atomic E-state index is 6.24. The van der Waals surface area contributed by atoms with Gasteiger partial charge in [-0.2, -0.15) is 25.2 Å². The first-order valence-electron chi connectivity index (χ1n) is 12.5. The van der Waals surface area contributed by atoms with E-state index in [-0.39, 0.29) is 36.6 Å². The Morgan fingerprint density at radius 3 is 1.55 bits per heavy atom. The molecule has 0 bridgehead atoms. The van der Waals surface area contributed by atoms with Gasteiger partial charge in [-0.15, -0.1) is 12.4 Å². The maximum absolute atomic E-state index is 6.24. The lowest BCUT2D eigenvalue weighted by molar-refractivity contribution is 0.441. The fraction of sp³-hybridized carbons (Fsp3) is 0.400. The number of aromatic nitrogens is 3. The zero-order valence-electron chi connectivity index (χ0n) is 21.1. The lowest BCUT2D eigenvalue weighted by atomic mass is 10.0. The van der Waals surface area contributed by atoms with E-state index in [1.54, 1.807) is 0 Å². The van der Waals surface area contributed by atoms with E-state index in [1.165, 1.54) is 0 Å². The molecule has 2 aliphatic heterocycles. The van der Waals surface area contributed by atoms with E-state index in [9.17, 15) is 0 Å². The Bertz CT molecular complexity index is 1140. The second-order valence-electron chi connectivity index (χ2n) is 9.79. The Labute approximate surface area is 228 Å². The van der Waals surface area contributed by atoms with Crippen molar-refractivity contribution in [2.75, 3.05) is 41.3 Å². The Hall–Kier alpha value is -3.42. The van der Waals surface area contributed by atoms with Gasteiger partial charge in [0.05, 0.1) is 11.4 Å². The van der Waals surface area contributed by atoms with Gasteiger partial charge in [0.25, 0.3) is 0 Å². The summed E-state index contributed by atoms with van der Waals surface area (Å²) in [6, 6.07) is 17.0. The van der Waals surface area contributed by atoms with Crippen LogP contribution < -0.4 is 38.1 Å². The highest BCUT2D eigenvalue weighted by Gasteiger charge is 2.28. The van der Waals surface area contributed by atoms with Crippen molar-refractivity contribution < 1.29 is 0 Å². The molecule has 38 heavy (non-hydrogen) atoms. The average molecular weight is 539 g/mol. The number of hydrogen-bond acceptors (Lipinski definition) is 12. The number of anilines is 4. The second kappa shape index (κ2) is 12.4. The highest BCUT2D eigenvalue weighted by Crippen LogP contribution is 2.25. The fourth-order valence-corrected chi connectivity index (χ4v) is 4.73. The number of benzene rings is 2. The van der Waals surface area contributed by atoms with Crippen LogP contribution in [0.2, 0.25) is 0 Å². The Morgan fingerprint density at radius 2 is 1.08 bits per heavy atom. The van der Waals surface area contributed by atoms with E-state index in [1.807, 2.05) is 64.4 Å². The zero-order chi connectivity index (χ0) is 25.8. The summed E-state index contributed by atoms with van der Waals surface area (Å²) in [6.07, 6.45) is 1.53. The van der Waals surface area contributed by atoms with E-state index in [0.29, 0.717) is 44.0 Å². The van der Waals surface area contributed by atoms with Gasteiger partial charge in [-0.05, 0) is 49.2 Å². The smallest absolute Gasteiger partial charge is 0.233 e. The molecule has 0 aliphatic carbocycles. The molecular weight excluding hydrogens is 504 g/mol. The third kappa shape index (κ3) is 7.11. The van der Waals surface area contributed by atoms with Crippen LogP contribution in [-0.4, -0.2) is 65.3 Å². The largest absolute Gasteiger partial charge is 0.338 e. The number of nitrogens with one attached hydrogen (secondary N) is 1. The van der Waals surface area contributed by atoms with Crippen molar-refractivity contribution >= 4 is 47.3 Å². The van der Waals surface area contributed by atoms with Gasteiger partial charge in [0.15, 0.2) is 0 Å². The van der Waals surface area contributed by atoms with Gasteiger partial charge in [0.2, 0.25) is 17.8 Å². The molecule has 0 radical (unpaired) electrons. The number of azo groups is 1. The van der Waals surface area contributed by atoms with Crippen LogP contribution in [0.5, 0.6) is 0 Å². The van der Waals surface area contributed by atoms with Crippen molar-refractivity contribution in [1.82, 2.24) is 15.0 Å². The van der Waals surface area contributed by atoms with Crippen LogP contribution in [0.25, 0.3) is 0 Å². The molecule has 9 N–H and O–H groups in total. The fourth-order valence-electron chi connectivity index (χ4n) is 4.73. The predicted molar refractivity (Wildman–Crippen MR) is 153 cm³/mol. The lowest BCUT2D eigenvalue weighted by Crippen LogP contribution is -2.54. The SMILES string of the molecule is Cl.N[C@@H]1C[C@H](N)CN(c2nc(Nc3ccc(N=Nc4ccccc4)cc3)nc(N3C[C@H](N)C[C@H](N)C3)n2)C1. The van der Waals surface area contributed by atoms with Crippen LogP contribution >= 0.6 is 12.4 Å². The summed E-state index contributed by atoms with van der Waals surface area (Å²) in [7, 11) is 0. The standard InChI is InChI=1S/C25H34N12.ClH/c26-16-10-17(27)13-36(12-16)24-31-23(32-25(33-24)37-14-18(28)11-19(29)15-37)30-20-6-8-22(9-7-20)35-34-21-4-2-1-3-5-21;/h1-9,16-19H,10-15,26-29H2,(H,30,31,32,33);1H/t16-,17+,18-,19+;. The first kappa shape index (κ1) is 27.6. The zero-order valence-corrected chi connectivity index (χ0v) is 21.9. The normalized spacial score (nSPS) is 23.8. The van der Waals surface area contributed by atoms with Crippen LogP contribution in [0.3, 0.4) is 0 Å². The van der Waals surface area contributed by atoms with E-state index >= 15 is 0 Å². The summed E-state index contributed by atoms with van der Waals surface area (Å²) in [6.45, 7) is 2.49. The summed E-state index contributed by atoms with van der Waals surface area (Å²) in [5, 5.41) is 11.9. The molecule has 13 heteroatoms. The van der Waals surface area contributed by atoms with Gasteiger partial charge in [-0.25, -0.2) is 0 Å². The minimum absolute atomic E-state index is 0. The second-order valence-corrected chi connectivity index (χ2v) is 9.79. The van der Waals surface area contributed by atoms with Crippen molar-refractivity contribution in [3.63, 3.8) is 0 Å². The van der Waals surface area contributed by atoms with Crippen LogP contribution in [0.1, 0.15) is 12.8 Å². The first-order valence-corrected chi connectivity index (χ1v) is 12.5. The molecule has 1 aromatic heterocycles. The Balaban J connectivity index is 0.00000336. The van der Waals surface area contributed by atoms with Gasteiger partial charge < -0.3 is 38.1 Å². The number of nitrogens with two attached hydrogens (primary N) is 4. The molecule has 4 atom stereocenters. The van der Waals surface area contributed by atoms with Crippen molar-refractivity contribution in [2.45, 2.75) is 37.0 Å². The van der Waals surface area contributed by atoms with E-state index in [2.05, 4.69) is 15.5 Å². The third-order valence-electron chi connectivity index (χ3n) is 6.37. The van der Waals surface area contributed by atoms with Gasteiger partial charge in [-0.3, -0.25) is 0 Å². The average Bonchev–Trinajstić information content (AvgIpc) is 2.88. The van der Waals surface area contributed by atoms with Crippen molar-refractivity contribution in [3.8, 4) is 0 Å². The summed E-state index contributed by atoms with van der Waals surface area (Å²) >= 11 is 0. The molecule has 0 saturated carbocycles. The van der Waals surface area contributed by atoms with E-state index in [4.69, 9.17) is 37.9 Å². The number of hydrogen-bond donors (Lipinski definition) is 5. The summed E-state index contributed by atoms with van der Waals surface area (Å²) in [5.41, 5.74) is 27.3. The van der Waals surface area contributed by atoms with Crippen LogP contribution in [-0.2, 0) is 0 Å². The van der Waals surface area contributed by atoms with Gasteiger partial charge in [0.1, 0.15) is 0 Å². The summed E-state index contributed by atoms with van der Waals surface area (Å²) < 4.78 is 0. The minimum atomic E-state index is -0.0465. The number of piperidine rings is 2. The molecular formula is C25H35ClN12. The highest BCUT2D eigenvalue weighted by molar-refractivity contribution is 5.85. The molecule has 2 aliphatic rings. The summed E-state index contributed by atoms with van der Waals surface area (Å²) in [5.74, 6) is 1.47. The molecule has 5 rings (SSSR count). The molecule has 0 spiro atoms.